The van der Waals surface area contributed by atoms with Crippen molar-refractivity contribution in [2.24, 2.45) is 5.92 Å². The molecule has 25 heavy (non-hydrogen) atoms. The van der Waals surface area contributed by atoms with Gasteiger partial charge in [-0.25, -0.2) is 8.78 Å². The molecule has 3 rings (SSSR count). The van der Waals surface area contributed by atoms with Crippen LogP contribution < -0.4 is 0 Å². The molecular formula is C20H21F2NO2. The lowest BCUT2D eigenvalue weighted by atomic mass is 9.82. The van der Waals surface area contributed by atoms with Crippen molar-refractivity contribution < 1.29 is 18.7 Å². The van der Waals surface area contributed by atoms with Gasteiger partial charge in [0.1, 0.15) is 0 Å². The number of likely N-dealkylation sites (tertiary alicyclic amines) is 1. The molecule has 1 fully saturated rings. The smallest absolute Gasteiger partial charge is 0.309 e. The van der Waals surface area contributed by atoms with Crippen molar-refractivity contribution >= 4 is 5.97 Å². The van der Waals surface area contributed by atoms with E-state index in [1.54, 1.807) is 0 Å². The quantitative estimate of drug-likeness (QED) is 0.911. The first-order chi connectivity index (χ1) is 11.9. The molecule has 3 unspecified atom stereocenters. The molecule has 0 amide bonds. The minimum atomic E-state index is -0.944. The highest BCUT2D eigenvalue weighted by Crippen LogP contribution is 2.45. The monoisotopic (exact) mass is 345 g/mol. The Morgan fingerprint density at radius 3 is 2.32 bits per heavy atom. The van der Waals surface area contributed by atoms with Gasteiger partial charge in [0.05, 0.1) is 5.92 Å². The Kier molecular flexibility index (Phi) is 4.86. The summed E-state index contributed by atoms with van der Waals surface area (Å²) in [6.45, 7) is 2.54. The van der Waals surface area contributed by atoms with Crippen molar-refractivity contribution in [2.45, 2.75) is 25.3 Å². The summed E-state index contributed by atoms with van der Waals surface area (Å²) in [6.07, 6.45) is 0.917. The fourth-order valence-corrected chi connectivity index (χ4v) is 3.81. The summed E-state index contributed by atoms with van der Waals surface area (Å²) in [6, 6.07) is 11.3. The summed E-state index contributed by atoms with van der Waals surface area (Å²) in [5, 5.41) is 9.82. The fraction of sp³-hybridized carbons (Fsp3) is 0.350. The molecule has 2 aromatic carbocycles. The molecule has 3 nitrogen and oxygen atoms in total. The van der Waals surface area contributed by atoms with Crippen LogP contribution in [0.5, 0.6) is 0 Å². The molecule has 1 heterocycles. The van der Waals surface area contributed by atoms with Crippen LogP contribution in [0.25, 0.3) is 0 Å². The lowest BCUT2D eigenvalue weighted by molar-refractivity contribution is -0.143. The normalized spacial score (nSPS) is 23.8. The molecule has 0 bridgehead atoms. The molecule has 0 aromatic heterocycles. The highest BCUT2D eigenvalue weighted by molar-refractivity contribution is 5.73. The zero-order chi connectivity index (χ0) is 18.1. The van der Waals surface area contributed by atoms with E-state index in [2.05, 4.69) is 6.92 Å². The second-order valence-electron chi connectivity index (χ2n) is 6.62. The number of carbonyl (C=O) groups is 1. The Labute approximate surface area is 145 Å². The molecule has 0 aliphatic carbocycles. The zero-order valence-electron chi connectivity index (χ0n) is 14.2. The van der Waals surface area contributed by atoms with Gasteiger partial charge in [-0.05, 0) is 42.3 Å². The van der Waals surface area contributed by atoms with Crippen LogP contribution in [0.4, 0.5) is 8.78 Å². The lowest BCUT2D eigenvalue weighted by Gasteiger charge is -2.24. The molecule has 0 saturated carbocycles. The largest absolute Gasteiger partial charge is 0.481 e. The average Bonchev–Trinajstić information content (AvgIpc) is 2.95. The number of hydrogen-bond acceptors (Lipinski definition) is 2. The number of aryl methyl sites for hydroxylation is 1. The third kappa shape index (κ3) is 3.29. The number of halogens is 2. The number of rotatable bonds is 4. The van der Waals surface area contributed by atoms with E-state index in [0.717, 1.165) is 24.1 Å². The number of hydrogen-bond donors (Lipinski definition) is 1. The lowest BCUT2D eigenvalue weighted by Crippen LogP contribution is -2.26. The summed E-state index contributed by atoms with van der Waals surface area (Å²) in [7, 11) is 1.87. The predicted molar refractivity (Wildman–Crippen MR) is 91.4 cm³/mol. The van der Waals surface area contributed by atoms with Gasteiger partial charge >= 0.3 is 5.97 Å². The summed E-state index contributed by atoms with van der Waals surface area (Å²) in [5.41, 5.74) is 2.64. The zero-order valence-corrected chi connectivity index (χ0v) is 14.2. The Hall–Kier alpha value is -2.27. The van der Waals surface area contributed by atoms with E-state index in [0.29, 0.717) is 12.1 Å². The standard InChI is InChI=1S/C20H21F2NO2/c1-3-12-4-6-13(7-5-12)19-18(20(24)25)15(11-23(19)2)14-8-9-16(21)17(22)10-14/h4-10,15,18-19H,3,11H2,1-2H3,(H,24,25). The Bertz CT molecular complexity index is 776. The first-order valence-corrected chi connectivity index (χ1v) is 8.39. The Morgan fingerprint density at radius 1 is 1.12 bits per heavy atom. The first-order valence-electron chi connectivity index (χ1n) is 8.39. The van der Waals surface area contributed by atoms with Crippen molar-refractivity contribution in [1.29, 1.82) is 0 Å². The van der Waals surface area contributed by atoms with Crippen molar-refractivity contribution in [3.8, 4) is 0 Å². The molecule has 0 spiro atoms. The topological polar surface area (TPSA) is 40.5 Å². The maximum Gasteiger partial charge on any atom is 0.309 e. The third-order valence-corrected chi connectivity index (χ3v) is 5.12. The molecule has 1 aliphatic rings. The van der Waals surface area contributed by atoms with Gasteiger partial charge in [-0.2, -0.15) is 0 Å². The van der Waals surface area contributed by atoms with E-state index in [9.17, 15) is 18.7 Å². The predicted octanol–water partition coefficient (Wildman–Crippen LogP) is 4.00. The van der Waals surface area contributed by atoms with Crippen molar-refractivity contribution in [2.75, 3.05) is 13.6 Å². The van der Waals surface area contributed by atoms with Crippen LogP contribution in [-0.2, 0) is 11.2 Å². The van der Waals surface area contributed by atoms with Gasteiger partial charge in [0, 0.05) is 18.5 Å². The summed E-state index contributed by atoms with van der Waals surface area (Å²) < 4.78 is 26.9. The van der Waals surface area contributed by atoms with Crippen LogP contribution in [0.15, 0.2) is 42.5 Å². The Balaban J connectivity index is 1.98. The van der Waals surface area contributed by atoms with Gasteiger partial charge in [-0.15, -0.1) is 0 Å². The molecule has 132 valence electrons. The van der Waals surface area contributed by atoms with Crippen molar-refractivity contribution in [3.05, 3.63) is 70.8 Å². The molecule has 3 atom stereocenters. The van der Waals surface area contributed by atoms with Crippen LogP contribution in [-0.4, -0.2) is 29.6 Å². The number of aliphatic carboxylic acids is 1. The average molecular weight is 345 g/mol. The van der Waals surface area contributed by atoms with E-state index in [1.165, 1.54) is 11.6 Å². The van der Waals surface area contributed by atoms with Gasteiger partial charge in [0.25, 0.3) is 0 Å². The van der Waals surface area contributed by atoms with E-state index in [-0.39, 0.29) is 6.04 Å². The molecular weight excluding hydrogens is 324 g/mol. The van der Waals surface area contributed by atoms with Crippen LogP contribution in [0.3, 0.4) is 0 Å². The third-order valence-electron chi connectivity index (χ3n) is 5.12. The molecule has 1 N–H and O–H groups in total. The number of carboxylic acids is 1. The second-order valence-corrected chi connectivity index (χ2v) is 6.62. The first kappa shape index (κ1) is 17.5. The van der Waals surface area contributed by atoms with Gasteiger partial charge < -0.3 is 5.11 Å². The van der Waals surface area contributed by atoms with E-state index < -0.39 is 29.4 Å². The van der Waals surface area contributed by atoms with Gasteiger partial charge in [0.2, 0.25) is 0 Å². The fourth-order valence-electron chi connectivity index (χ4n) is 3.81. The highest BCUT2D eigenvalue weighted by Gasteiger charge is 2.45. The minimum Gasteiger partial charge on any atom is -0.481 e. The van der Waals surface area contributed by atoms with Crippen LogP contribution in [0.2, 0.25) is 0 Å². The number of likely N-dealkylation sites (N-methyl/N-ethyl adjacent to an activating group) is 1. The van der Waals surface area contributed by atoms with Gasteiger partial charge in [-0.3, -0.25) is 9.69 Å². The number of carboxylic acid groups (broad SMARTS) is 1. The maximum absolute atomic E-state index is 13.6. The SMILES string of the molecule is CCc1ccc(C2C(C(=O)O)C(c3ccc(F)c(F)c3)CN2C)cc1. The summed E-state index contributed by atoms with van der Waals surface area (Å²) >= 11 is 0. The van der Waals surface area contributed by atoms with Crippen LogP contribution >= 0.6 is 0 Å². The van der Waals surface area contributed by atoms with Crippen LogP contribution in [0, 0.1) is 17.6 Å². The molecule has 1 saturated heterocycles. The highest BCUT2D eigenvalue weighted by atomic mass is 19.2. The van der Waals surface area contributed by atoms with E-state index in [1.807, 2.05) is 36.2 Å². The molecule has 2 aromatic rings. The second kappa shape index (κ2) is 6.92. The van der Waals surface area contributed by atoms with Crippen LogP contribution in [0.1, 0.15) is 35.6 Å². The molecule has 5 heteroatoms. The minimum absolute atomic E-state index is 0.304. The summed E-state index contributed by atoms with van der Waals surface area (Å²) in [4.78, 5) is 14.0. The van der Waals surface area contributed by atoms with Gasteiger partial charge in [0.15, 0.2) is 11.6 Å². The number of benzene rings is 2. The Morgan fingerprint density at radius 2 is 1.76 bits per heavy atom. The van der Waals surface area contributed by atoms with E-state index >= 15 is 0 Å². The maximum atomic E-state index is 13.6. The van der Waals surface area contributed by atoms with Crippen molar-refractivity contribution in [3.63, 3.8) is 0 Å². The van der Waals surface area contributed by atoms with Crippen molar-refractivity contribution in [1.82, 2.24) is 4.90 Å². The number of nitrogens with zero attached hydrogens (tertiary/aromatic N) is 1. The summed E-state index contributed by atoms with van der Waals surface area (Å²) in [5.74, 6) is -3.91. The van der Waals surface area contributed by atoms with E-state index in [4.69, 9.17) is 0 Å². The van der Waals surface area contributed by atoms with Gasteiger partial charge in [-0.1, -0.05) is 37.3 Å². The molecule has 0 radical (unpaired) electrons. The molecule has 1 aliphatic heterocycles.